The highest BCUT2D eigenvalue weighted by molar-refractivity contribution is 7.89. The third kappa shape index (κ3) is 5.59. The van der Waals surface area contributed by atoms with Crippen molar-refractivity contribution >= 4 is 21.9 Å². The molecule has 0 bridgehead atoms. The molecule has 2 saturated heterocycles. The Morgan fingerprint density at radius 3 is 2.33 bits per heavy atom. The van der Waals surface area contributed by atoms with Gasteiger partial charge in [-0.25, -0.2) is 13.2 Å². The summed E-state index contributed by atoms with van der Waals surface area (Å²) in [5.41, 5.74) is 0.106. The molecule has 0 unspecified atom stereocenters. The van der Waals surface area contributed by atoms with Crippen LogP contribution >= 0.6 is 0 Å². The largest absolute Gasteiger partial charge is 0.452 e. The van der Waals surface area contributed by atoms with Gasteiger partial charge in [-0.1, -0.05) is 18.9 Å². The zero-order chi connectivity index (χ0) is 21.7. The van der Waals surface area contributed by atoms with Crippen LogP contribution < -0.4 is 0 Å². The predicted octanol–water partition coefficient (Wildman–Crippen LogP) is 2.04. The molecular weight excluding hydrogens is 408 g/mol. The molecule has 0 saturated carbocycles. The van der Waals surface area contributed by atoms with E-state index in [2.05, 4.69) is 0 Å². The number of hydrogen-bond acceptors (Lipinski definition) is 6. The molecule has 2 aliphatic rings. The van der Waals surface area contributed by atoms with Gasteiger partial charge in [-0.3, -0.25) is 4.79 Å². The Bertz CT molecular complexity index is 854. The SMILES string of the molecule is C[C@H]1CN(S(=O)(=O)c2cccc(C(=O)OCC(=O)N3CCCCCC3)c2)C[C@H](C)O1. The fourth-order valence-corrected chi connectivity index (χ4v) is 5.52. The average molecular weight is 439 g/mol. The van der Waals surface area contributed by atoms with Gasteiger partial charge in [0.2, 0.25) is 10.0 Å². The van der Waals surface area contributed by atoms with Crippen molar-refractivity contribution in [3.63, 3.8) is 0 Å². The first kappa shape index (κ1) is 22.7. The smallest absolute Gasteiger partial charge is 0.338 e. The predicted molar refractivity (Wildman–Crippen MR) is 111 cm³/mol. The molecule has 3 rings (SSSR count). The fourth-order valence-electron chi connectivity index (χ4n) is 3.88. The van der Waals surface area contributed by atoms with E-state index in [0.29, 0.717) is 13.1 Å². The molecule has 0 radical (unpaired) electrons. The minimum atomic E-state index is -3.77. The summed E-state index contributed by atoms with van der Waals surface area (Å²) >= 11 is 0. The number of carbonyl (C=O) groups is 2. The van der Waals surface area contributed by atoms with E-state index >= 15 is 0 Å². The molecule has 2 atom stereocenters. The van der Waals surface area contributed by atoms with Crippen LogP contribution in [-0.2, 0) is 24.3 Å². The highest BCUT2D eigenvalue weighted by Gasteiger charge is 2.32. The van der Waals surface area contributed by atoms with E-state index in [9.17, 15) is 18.0 Å². The van der Waals surface area contributed by atoms with Crippen molar-refractivity contribution in [2.24, 2.45) is 0 Å². The summed E-state index contributed by atoms with van der Waals surface area (Å²) in [7, 11) is -3.77. The number of sulfonamides is 1. The quantitative estimate of drug-likeness (QED) is 0.653. The Kier molecular flexibility index (Phi) is 7.49. The fraction of sp³-hybridized carbons (Fsp3) is 0.619. The Hall–Kier alpha value is -1.97. The maximum Gasteiger partial charge on any atom is 0.338 e. The second-order valence-electron chi connectivity index (χ2n) is 7.98. The highest BCUT2D eigenvalue weighted by Crippen LogP contribution is 2.22. The summed E-state index contributed by atoms with van der Waals surface area (Å²) in [5.74, 6) is -0.927. The number of likely N-dealkylation sites (tertiary alicyclic amines) is 1. The molecule has 1 amide bonds. The zero-order valence-electron chi connectivity index (χ0n) is 17.6. The second kappa shape index (κ2) is 9.89. The van der Waals surface area contributed by atoms with Crippen LogP contribution in [0.3, 0.4) is 0 Å². The number of carbonyl (C=O) groups excluding carboxylic acids is 2. The first-order chi connectivity index (χ1) is 14.3. The van der Waals surface area contributed by atoms with Gasteiger partial charge < -0.3 is 14.4 Å². The molecule has 1 aromatic carbocycles. The molecule has 2 heterocycles. The molecule has 0 spiro atoms. The van der Waals surface area contributed by atoms with Crippen LogP contribution in [-0.4, -0.2) is 74.5 Å². The van der Waals surface area contributed by atoms with Crippen molar-refractivity contribution in [1.29, 1.82) is 0 Å². The number of ether oxygens (including phenoxy) is 2. The Morgan fingerprint density at radius 1 is 1.07 bits per heavy atom. The minimum Gasteiger partial charge on any atom is -0.452 e. The molecule has 8 nitrogen and oxygen atoms in total. The molecule has 166 valence electrons. The molecule has 9 heteroatoms. The Labute approximate surface area is 178 Å². The summed E-state index contributed by atoms with van der Waals surface area (Å²) in [4.78, 5) is 26.5. The Morgan fingerprint density at radius 2 is 1.70 bits per heavy atom. The first-order valence-corrected chi connectivity index (χ1v) is 11.9. The van der Waals surface area contributed by atoms with Gasteiger partial charge in [-0.05, 0) is 44.9 Å². The monoisotopic (exact) mass is 438 g/mol. The maximum absolute atomic E-state index is 13.0. The number of benzene rings is 1. The summed E-state index contributed by atoms with van der Waals surface area (Å²) in [5, 5.41) is 0. The van der Waals surface area contributed by atoms with E-state index in [1.165, 1.54) is 28.6 Å². The van der Waals surface area contributed by atoms with Crippen LogP contribution in [0.15, 0.2) is 29.2 Å². The van der Waals surface area contributed by atoms with Gasteiger partial charge in [0.1, 0.15) is 0 Å². The molecule has 30 heavy (non-hydrogen) atoms. The summed E-state index contributed by atoms with van der Waals surface area (Å²) in [6, 6.07) is 5.76. The van der Waals surface area contributed by atoms with Gasteiger partial charge in [-0.15, -0.1) is 0 Å². The average Bonchev–Trinajstić information content (AvgIpc) is 3.01. The zero-order valence-corrected chi connectivity index (χ0v) is 18.4. The van der Waals surface area contributed by atoms with Crippen molar-refractivity contribution in [1.82, 2.24) is 9.21 Å². The third-order valence-corrected chi connectivity index (χ3v) is 7.21. The van der Waals surface area contributed by atoms with Crippen molar-refractivity contribution in [3.8, 4) is 0 Å². The number of esters is 1. The van der Waals surface area contributed by atoms with Crippen LogP contribution in [0, 0.1) is 0 Å². The van der Waals surface area contributed by atoms with Crippen LogP contribution in [0.2, 0.25) is 0 Å². The van der Waals surface area contributed by atoms with E-state index in [1.807, 2.05) is 13.8 Å². The van der Waals surface area contributed by atoms with Crippen molar-refractivity contribution < 1.29 is 27.5 Å². The second-order valence-corrected chi connectivity index (χ2v) is 9.92. The lowest BCUT2D eigenvalue weighted by atomic mass is 10.2. The highest BCUT2D eigenvalue weighted by atomic mass is 32.2. The van der Waals surface area contributed by atoms with Gasteiger partial charge in [-0.2, -0.15) is 4.31 Å². The number of rotatable bonds is 5. The molecule has 0 aliphatic carbocycles. The van der Waals surface area contributed by atoms with Gasteiger partial charge >= 0.3 is 5.97 Å². The topological polar surface area (TPSA) is 93.2 Å². The van der Waals surface area contributed by atoms with Crippen LogP contribution in [0.4, 0.5) is 0 Å². The molecular formula is C21H30N2O6S. The molecule has 1 aromatic rings. The van der Waals surface area contributed by atoms with E-state index < -0.39 is 16.0 Å². The van der Waals surface area contributed by atoms with Crippen molar-refractivity contribution in [3.05, 3.63) is 29.8 Å². The first-order valence-electron chi connectivity index (χ1n) is 10.5. The number of amides is 1. The van der Waals surface area contributed by atoms with Crippen LogP contribution in [0.1, 0.15) is 49.9 Å². The van der Waals surface area contributed by atoms with Crippen LogP contribution in [0.5, 0.6) is 0 Å². The summed E-state index contributed by atoms with van der Waals surface area (Å²) in [6.07, 6.45) is 3.71. The standard InChI is InChI=1S/C21H30N2O6S/c1-16-13-23(14-17(2)29-16)30(26,27)19-9-7-8-18(12-19)21(25)28-15-20(24)22-10-5-3-4-6-11-22/h7-9,12,16-17H,3-6,10-11,13-15H2,1-2H3/t16-,17-/m0/s1. The molecule has 0 N–H and O–H groups in total. The molecule has 2 fully saturated rings. The number of morpholine rings is 1. The Balaban J connectivity index is 1.65. The van der Waals surface area contributed by atoms with E-state index in [1.54, 1.807) is 4.90 Å². The van der Waals surface area contributed by atoms with E-state index in [0.717, 1.165) is 25.7 Å². The van der Waals surface area contributed by atoms with Gasteiger partial charge in [0.25, 0.3) is 5.91 Å². The summed E-state index contributed by atoms with van der Waals surface area (Å²) in [6.45, 7) is 5.19. The van der Waals surface area contributed by atoms with E-state index in [-0.39, 0.29) is 48.3 Å². The molecule has 2 aliphatic heterocycles. The maximum atomic E-state index is 13.0. The lowest BCUT2D eigenvalue weighted by Crippen LogP contribution is -2.48. The lowest BCUT2D eigenvalue weighted by molar-refractivity contribution is -0.134. The molecule has 0 aromatic heterocycles. The number of nitrogens with zero attached hydrogens (tertiary/aromatic N) is 2. The van der Waals surface area contributed by atoms with Gasteiger partial charge in [0.15, 0.2) is 6.61 Å². The van der Waals surface area contributed by atoms with Gasteiger partial charge in [0, 0.05) is 26.2 Å². The van der Waals surface area contributed by atoms with E-state index in [4.69, 9.17) is 9.47 Å². The normalized spacial score (nSPS) is 23.6. The van der Waals surface area contributed by atoms with Crippen LogP contribution in [0.25, 0.3) is 0 Å². The third-order valence-electron chi connectivity index (χ3n) is 5.38. The van der Waals surface area contributed by atoms with Crippen molar-refractivity contribution in [2.45, 2.75) is 56.6 Å². The minimum absolute atomic E-state index is 0.0251. The lowest BCUT2D eigenvalue weighted by Gasteiger charge is -2.34. The van der Waals surface area contributed by atoms with Gasteiger partial charge in [0.05, 0.1) is 22.7 Å². The summed E-state index contributed by atoms with van der Waals surface area (Å²) < 4.78 is 38.2. The number of hydrogen-bond donors (Lipinski definition) is 0. The van der Waals surface area contributed by atoms with Crippen molar-refractivity contribution in [2.75, 3.05) is 32.8 Å².